The second kappa shape index (κ2) is 12.2. The van der Waals surface area contributed by atoms with Gasteiger partial charge in [-0.2, -0.15) is 0 Å². The summed E-state index contributed by atoms with van der Waals surface area (Å²) in [7, 11) is 3.29. The van der Waals surface area contributed by atoms with Gasteiger partial charge in [-0.25, -0.2) is 0 Å². The third kappa shape index (κ3) is 6.33. The minimum Gasteiger partial charge on any atom is -0.497 e. The Morgan fingerprint density at radius 3 is 2.72 bits per heavy atom. The van der Waals surface area contributed by atoms with Crippen LogP contribution in [0.25, 0.3) is 10.9 Å². The molecule has 3 aromatic rings. The maximum absolute atomic E-state index is 12.1. The zero-order valence-corrected chi connectivity index (χ0v) is 21.1. The van der Waals surface area contributed by atoms with Gasteiger partial charge < -0.3 is 24.6 Å². The van der Waals surface area contributed by atoms with Gasteiger partial charge in [-0.15, -0.1) is 0 Å². The van der Waals surface area contributed by atoms with Crippen LogP contribution in [0.4, 0.5) is 0 Å². The Kier molecular flexibility index (Phi) is 8.78. The first-order valence-electron chi connectivity index (χ1n) is 12.7. The molecule has 1 aromatic heterocycles. The maximum atomic E-state index is 12.1. The number of methoxy groups -OCH3 is 2. The van der Waals surface area contributed by atoms with Crippen molar-refractivity contribution >= 4 is 16.9 Å². The third-order valence-corrected chi connectivity index (χ3v) is 7.38. The summed E-state index contributed by atoms with van der Waals surface area (Å²) >= 11 is 0. The van der Waals surface area contributed by atoms with Crippen molar-refractivity contribution in [2.75, 3.05) is 33.9 Å². The van der Waals surface area contributed by atoms with Gasteiger partial charge in [-0.1, -0.05) is 12.1 Å². The number of aliphatic hydroxyl groups is 1. The first-order chi connectivity index (χ1) is 17.5. The smallest absolute Gasteiger partial charge is 0.308 e. The van der Waals surface area contributed by atoms with E-state index < -0.39 is 18.0 Å². The van der Waals surface area contributed by atoms with Gasteiger partial charge in [0.25, 0.3) is 0 Å². The van der Waals surface area contributed by atoms with Crippen LogP contribution in [0, 0.1) is 11.8 Å². The molecule has 0 bridgehead atoms. The summed E-state index contributed by atoms with van der Waals surface area (Å²) in [5.74, 6) is 0.464. The molecule has 1 saturated heterocycles. The van der Waals surface area contributed by atoms with Gasteiger partial charge >= 0.3 is 5.97 Å². The average molecular weight is 493 g/mol. The largest absolute Gasteiger partial charge is 0.497 e. The highest BCUT2D eigenvalue weighted by Gasteiger charge is 2.34. The number of ether oxygens (including phenoxy) is 2. The average Bonchev–Trinajstić information content (AvgIpc) is 2.91. The lowest BCUT2D eigenvalue weighted by Gasteiger charge is -2.37. The minimum atomic E-state index is -0.744. The Bertz CT molecular complexity index is 1170. The molecule has 0 aliphatic carbocycles. The topological polar surface area (TPSA) is 92.1 Å². The first kappa shape index (κ1) is 25.9. The number of aliphatic hydroxyl groups excluding tert-OH is 1. The number of piperidine rings is 1. The van der Waals surface area contributed by atoms with E-state index in [-0.39, 0.29) is 5.92 Å². The lowest BCUT2D eigenvalue weighted by molar-refractivity contribution is -0.146. The Balaban J connectivity index is 1.32. The summed E-state index contributed by atoms with van der Waals surface area (Å²) in [4.78, 5) is 18.8. The number of rotatable bonds is 11. The van der Waals surface area contributed by atoms with Gasteiger partial charge in [0.15, 0.2) is 0 Å². The molecule has 1 aliphatic rings. The van der Waals surface area contributed by atoms with Crippen molar-refractivity contribution in [3.8, 4) is 11.5 Å². The van der Waals surface area contributed by atoms with E-state index in [1.165, 1.54) is 5.56 Å². The van der Waals surface area contributed by atoms with Crippen LogP contribution in [0.5, 0.6) is 11.5 Å². The quantitative estimate of drug-likeness (QED) is 0.400. The number of fused-ring (bicyclic) bond motifs is 1. The molecule has 4 rings (SSSR count). The number of aliphatic carboxylic acids is 1. The molecular weight excluding hydrogens is 456 g/mol. The van der Waals surface area contributed by atoms with E-state index in [1.807, 2.05) is 36.4 Å². The SMILES string of the molecule is COc1cccc(CCCN2CC[C@@H](CC[C@@H](O)c3ccnc4ccc(OC)cc34)[C@@H](C(=O)O)C2)c1. The molecule has 0 unspecified atom stereocenters. The van der Waals surface area contributed by atoms with Gasteiger partial charge in [0.1, 0.15) is 11.5 Å². The number of aryl methyl sites for hydroxylation is 1. The van der Waals surface area contributed by atoms with Gasteiger partial charge in [0.05, 0.1) is 31.8 Å². The molecule has 7 nitrogen and oxygen atoms in total. The molecule has 3 atom stereocenters. The van der Waals surface area contributed by atoms with Crippen molar-refractivity contribution in [3.63, 3.8) is 0 Å². The molecule has 36 heavy (non-hydrogen) atoms. The van der Waals surface area contributed by atoms with Crippen molar-refractivity contribution in [3.05, 3.63) is 65.9 Å². The van der Waals surface area contributed by atoms with Gasteiger partial charge in [0, 0.05) is 18.1 Å². The van der Waals surface area contributed by atoms with Crippen LogP contribution in [0.1, 0.15) is 42.9 Å². The number of benzene rings is 2. The van der Waals surface area contributed by atoms with Crippen LogP contribution in [0.3, 0.4) is 0 Å². The molecule has 2 heterocycles. The third-order valence-electron chi connectivity index (χ3n) is 7.38. The lowest BCUT2D eigenvalue weighted by atomic mass is 9.81. The van der Waals surface area contributed by atoms with E-state index >= 15 is 0 Å². The Morgan fingerprint density at radius 1 is 1.14 bits per heavy atom. The fourth-order valence-corrected chi connectivity index (χ4v) is 5.32. The number of carboxylic acids is 1. The summed E-state index contributed by atoms with van der Waals surface area (Å²) in [6, 6.07) is 15.6. The predicted molar refractivity (Wildman–Crippen MR) is 139 cm³/mol. The predicted octanol–water partition coefficient (Wildman–Crippen LogP) is 4.72. The van der Waals surface area contributed by atoms with Crippen molar-refractivity contribution in [1.29, 1.82) is 0 Å². The van der Waals surface area contributed by atoms with Crippen LogP contribution in [-0.4, -0.2) is 59.9 Å². The summed E-state index contributed by atoms with van der Waals surface area (Å²) in [6.45, 7) is 2.32. The number of pyridine rings is 1. The van der Waals surface area contributed by atoms with Crippen molar-refractivity contribution in [2.45, 2.75) is 38.2 Å². The first-order valence-corrected chi connectivity index (χ1v) is 12.7. The number of hydrogen-bond acceptors (Lipinski definition) is 6. The van der Waals surface area contributed by atoms with E-state index in [0.717, 1.165) is 54.6 Å². The molecular formula is C29H36N2O5. The molecule has 2 aromatic carbocycles. The molecule has 1 fully saturated rings. The van der Waals surface area contributed by atoms with Gasteiger partial charge in [-0.3, -0.25) is 9.78 Å². The van der Waals surface area contributed by atoms with Crippen molar-refractivity contribution in [1.82, 2.24) is 9.88 Å². The standard InChI is InChI=1S/C29H36N2O5/c1-35-22-7-3-5-20(17-22)6-4-15-31-16-13-21(26(19-31)29(33)34)8-11-28(32)24-12-14-30-27-10-9-23(36-2)18-25(24)27/h3,5,7,9-10,12,14,17-18,21,26,28,32H,4,6,8,11,13,15-16,19H2,1-2H3,(H,33,34)/t21-,26+,28-/m1/s1. The minimum absolute atomic E-state index is 0.0504. The second-order valence-corrected chi connectivity index (χ2v) is 9.63. The zero-order chi connectivity index (χ0) is 25.5. The summed E-state index contributed by atoms with van der Waals surface area (Å²) in [6.07, 6.45) is 4.95. The van der Waals surface area contributed by atoms with Crippen molar-refractivity contribution in [2.24, 2.45) is 11.8 Å². The fraction of sp³-hybridized carbons (Fsp3) is 0.448. The van der Waals surface area contributed by atoms with Crippen LogP contribution in [0.2, 0.25) is 0 Å². The van der Waals surface area contributed by atoms with Crippen LogP contribution >= 0.6 is 0 Å². The fourth-order valence-electron chi connectivity index (χ4n) is 5.32. The summed E-state index contributed by atoms with van der Waals surface area (Å²) < 4.78 is 10.6. The summed E-state index contributed by atoms with van der Waals surface area (Å²) in [5.41, 5.74) is 2.84. The van der Waals surface area contributed by atoms with Gasteiger partial charge in [0.2, 0.25) is 0 Å². The Morgan fingerprint density at radius 2 is 1.94 bits per heavy atom. The van der Waals surface area contributed by atoms with E-state index in [9.17, 15) is 15.0 Å². The molecule has 192 valence electrons. The Hall–Kier alpha value is -3.16. The van der Waals surface area contributed by atoms with E-state index in [1.54, 1.807) is 20.4 Å². The molecule has 0 radical (unpaired) electrons. The van der Waals surface area contributed by atoms with E-state index in [4.69, 9.17) is 9.47 Å². The van der Waals surface area contributed by atoms with Crippen LogP contribution < -0.4 is 9.47 Å². The van der Waals surface area contributed by atoms with E-state index in [0.29, 0.717) is 25.1 Å². The zero-order valence-electron chi connectivity index (χ0n) is 21.1. The highest BCUT2D eigenvalue weighted by atomic mass is 16.5. The molecule has 0 spiro atoms. The molecule has 2 N–H and O–H groups in total. The normalized spacial score (nSPS) is 19.2. The molecule has 1 aliphatic heterocycles. The number of hydrogen-bond donors (Lipinski definition) is 2. The van der Waals surface area contributed by atoms with E-state index in [2.05, 4.69) is 22.0 Å². The molecule has 0 amide bonds. The molecule has 0 saturated carbocycles. The monoisotopic (exact) mass is 492 g/mol. The van der Waals surface area contributed by atoms with Crippen LogP contribution in [-0.2, 0) is 11.2 Å². The Labute approximate surface area is 212 Å². The number of carbonyl (C=O) groups is 1. The number of likely N-dealkylation sites (tertiary alicyclic amines) is 1. The number of aromatic nitrogens is 1. The summed E-state index contributed by atoms with van der Waals surface area (Å²) in [5, 5.41) is 21.8. The van der Waals surface area contributed by atoms with Gasteiger partial charge in [-0.05, 0) is 98.6 Å². The number of nitrogens with zero attached hydrogens (tertiary/aromatic N) is 2. The van der Waals surface area contributed by atoms with Crippen LogP contribution in [0.15, 0.2) is 54.7 Å². The number of carboxylic acid groups (broad SMARTS) is 1. The highest BCUT2D eigenvalue weighted by Crippen LogP contribution is 2.34. The molecule has 7 heteroatoms. The lowest BCUT2D eigenvalue weighted by Crippen LogP contribution is -2.44. The maximum Gasteiger partial charge on any atom is 0.308 e. The highest BCUT2D eigenvalue weighted by molar-refractivity contribution is 5.83. The van der Waals surface area contributed by atoms with Crippen molar-refractivity contribution < 1.29 is 24.5 Å². The second-order valence-electron chi connectivity index (χ2n) is 9.63.